The first-order valence-electron chi connectivity index (χ1n) is 5.39. The molecule has 2 atom stereocenters. The van der Waals surface area contributed by atoms with Crippen molar-refractivity contribution in [3.05, 3.63) is 20.8 Å². The van der Waals surface area contributed by atoms with Gasteiger partial charge in [-0.15, -0.1) is 11.3 Å². The fourth-order valence-corrected chi connectivity index (χ4v) is 3.26. The lowest BCUT2D eigenvalue weighted by Crippen LogP contribution is -2.47. The van der Waals surface area contributed by atoms with E-state index in [0.717, 1.165) is 19.6 Å². The van der Waals surface area contributed by atoms with Crippen LogP contribution < -0.4 is 0 Å². The minimum Gasteiger partial charge on any atom is -0.394 e. The lowest BCUT2D eigenvalue weighted by Gasteiger charge is -2.35. The van der Waals surface area contributed by atoms with E-state index in [2.05, 4.69) is 39.2 Å². The maximum absolute atomic E-state index is 9.14. The van der Waals surface area contributed by atoms with E-state index >= 15 is 0 Å². The molecule has 0 amide bonds. The summed E-state index contributed by atoms with van der Waals surface area (Å²) in [6.07, 6.45) is 0.166. The number of hydrogen-bond acceptors (Lipinski definition) is 4. The lowest BCUT2D eigenvalue weighted by molar-refractivity contribution is -0.0972. The topological polar surface area (TPSA) is 32.7 Å². The molecule has 1 aromatic rings. The summed E-state index contributed by atoms with van der Waals surface area (Å²) in [4.78, 5) is 2.34. The Morgan fingerprint density at radius 3 is 3.06 bits per heavy atom. The highest BCUT2D eigenvalue weighted by Crippen LogP contribution is 2.23. The van der Waals surface area contributed by atoms with Crippen LogP contribution in [0, 0.1) is 0 Å². The third-order valence-corrected chi connectivity index (χ3v) is 4.19. The number of nitrogens with zero attached hydrogens (tertiary/aromatic N) is 1. The summed E-state index contributed by atoms with van der Waals surface area (Å²) in [7, 11) is 0. The molecule has 1 N–H and O–H groups in total. The molecule has 1 aromatic heterocycles. The predicted octanol–water partition coefficient (Wildman–Crippen LogP) is 2.09. The first-order valence-corrected chi connectivity index (χ1v) is 7.06. The summed E-state index contributed by atoms with van der Waals surface area (Å²) in [5, 5.41) is 11.3. The Kier molecular flexibility index (Phi) is 4.38. The molecular formula is C11H16BrNO2S. The predicted molar refractivity (Wildman–Crippen MR) is 68.7 cm³/mol. The first kappa shape index (κ1) is 12.5. The molecule has 0 radical (unpaired) electrons. The van der Waals surface area contributed by atoms with Crippen molar-refractivity contribution in [2.24, 2.45) is 0 Å². The van der Waals surface area contributed by atoms with Gasteiger partial charge in [0, 0.05) is 19.6 Å². The van der Waals surface area contributed by atoms with E-state index in [1.807, 2.05) is 0 Å². The van der Waals surface area contributed by atoms with Crippen LogP contribution in [0.15, 0.2) is 15.2 Å². The van der Waals surface area contributed by atoms with Gasteiger partial charge in [-0.25, -0.2) is 0 Å². The summed E-state index contributed by atoms with van der Waals surface area (Å²) >= 11 is 5.18. The number of morpholine rings is 1. The van der Waals surface area contributed by atoms with Gasteiger partial charge in [0.1, 0.15) is 0 Å². The number of hydrogen-bond donors (Lipinski definition) is 1. The van der Waals surface area contributed by atoms with Gasteiger partial charge in [-0.1, -0.05) is 0 Å². The van der Waals surface area contributed by atoms with Crippen molar-refractivity contribution in [3.8, 4) is 0 Å². The Morgan fingerprint density at radius 1 is 1.62 bits per heavy atom. The maximum Gasteiger partial charge on any atom is 0.0936 e. The molecule has 2 heterocycles. The van der Waals surface area contributed by atoms with E-state index in [9.17, 15) is 0 Å². The number of aliphatic hydroxyl groups is 1. The molecule has 16 heavy (non-hydrogen) atoms. The van der Waals surface area contributed by atoms with Crippen molar-refractivity contribution in [1.29, 1.82) is 0 Å². The molecule has 90 valence electrons. The van der Waals surface area contributed by atoms with Gasteiger partial charge in [-0.05, 0) is 39.9 Å². The van der Waals surface area contributed by atoms with Gasteiger partial charge in [0.2, 0.25) is 0 Å². The molecule has 0 aromatic carbocycles. The van der Waals surface area contributed by atoms with Gasteiger partial charge >= 0.3 is 0 Å². The molecule has 0 aliphatic carbocycles. The summed E-state index contributed by atoms with van der Waals surface area (Å²) in [5.74, 6) is 0. The van der Waals surface area contributed by atoms with Crippen LogP contribution >= 0.6 is 27.3 Å². The second-order valence-electron chi connectivity index (χ2n) is 4.20. The third-order valence-electron chi connectivity index (χ3n) is 2.63. The van der Waals surface area contributed by atoms with E-state index < -0.39 is 0 Å². The van der Waals surface area contributed by atoms with E-state index in [1.165, 1.54) is 9.35 Å². The highest BCUT2D eigenvalue weighted by atomic mass is 79.9. The van der Waals surface area contributed by atoms with E-state index in [-0.39, 0.29) is 18.8 Å². The molecule has 1 aliphatic rings. The van der Waals surface area contributed by atoms with Gasteiger partial charge in [0.25, 0.3) is 0 Å². The molecular weight excluding hydrogens is 290 g/mol. The van der Waals surface area contributed by atoms with Gasteiger partial charge < -0.3 is 9.84 Å². The van der Waals surface area contributed by atoms with Crippen molar-refractivity contribution in [3.63, 3.8) is 0 Å². The van der Waals surface area contributed by atoms with Gasteiger partial charge in [0.15, 0.2) is 0 Å². The Bertz CT molecular complexity index is 344. The standard InChI is InChI=1S/C11H16BrNO2S/c1-8-3-13(5-10(6-14)15-8)4-9-2-11(12)16-7-9/h2,7-8,10,14H,3-6H2,1H3. The molecule has 2 unspecified atom stereocenters. The second kappa shape index (κ2) is 5.60. The average Bonchev–Trinajstić information content (AvgIpc) is 2.63. The lowest BCUT2D eigenvalue weighted by atomic mass is 10.2. The molecule has 2 rings (SSSR count). The molecule has 1 aliphatic heterocycles. The molecule has 3 nitrogen and oxygen atoms in total. The second-order valence-corrected chi connectivity index (χ2v) is 6.49. The van der Waals surface area contributed by atoms with Crippen LogP contribution in [0.3, 0.4) is 0 Å². The molecule has 1 saturated heterocycles. The molecule has 0 spiro atoms. The quantitative estimate of drug-likeness (QED) is 0.928. The Morgan fingerprint density at radius 2 is 2.44 bits per heavy atom. The molecule has 0 saturated carbocycles. The van der Waals surface area contributed by atoms with E-state index in [4.69, 9.17) is 9.84 Å². The zero-order chi connectivity index (χ0) is 11.5. The number of ether oxygens (including phenoxy) is 1. The number of thiophene rings is 1. The van der Waals surface area contributed by atoms with Crippen LogP contribution in [0.25, 0.3) is 0 Å². The minimum absolute atomic E-state index is 0.0363. The van der Waals surface area contributed by atoms with Gasteiger partial charge in [-0.2, -0.15) is 0 Å². The Labute approximate surface area is 108 Å². The van der Waals surface area contributed by atoms with Crippen molar-refractivity contribution in [2.75, 3.05) is 19.7 Å². The van der Waals surface area contributed by atoms with Crippen LogP contribution in [-0.4, -0.2) is 41.9 Å². The largest absolute Gasteiger partial charge is 0.394 e. The zero-order valence-electron chi connectivity index (χ0n) is 9.23. The fourth-order valence-electron chi connectivity index (χ4n) is 2.06. The zero-order valence-corrected chi connectivity index (χ0v) is 11.6. The van der Waals surface area contributed by atoms with Crippen LogP contribution in [0.4, 0.5) is 0 Å². The van der Waals surface area contributed by atoms with Gasteiger partial charge in [-0.3, -0.25) is 4.90 Å². The highest BCUT2D eigenvalue weighted by Gasteiger charge is 2.24. The summed E-state index contributed by atoms with van der Waals surface area (Å²) < 4.78 is 6.78. The number of halogens is 1. The van der Waals surface area contributed by atoms with Crippen LogP contribution in [0.1, 0.15) is 12.5 Å². The normalized spacial score (nSPS) is 27.2. The van der Waals surface area contributed by atoms with E-state index in [1.54, 1.807) is 11.3 Å². The third kappa shape index (κ3) is 3.28. The van der Waals surface area contributed by atoms with Gasteiger partial charge in [0.05, 0.1) is 22.6 Å². The summed E-state index contributed by atoms with van der Waals surface area (Å²) in [6.45, 7) is 4.84. The first-order chi connectivity index (χ1) is 7.67. The minimum atomic E-state index is -0.0363. The average molecular weight is 306 g/mol. The number of rotatable bonds is 3. The SMILES string of the molecule is CC1CN(Cc2csc(Br)c2)CC(CO)O1. The smallest absolute Gasteiger partial charge is 0.0936 e. The summed E-state index contributed by atoms with van der Waals surface area (Å²) in [5.41, 5.74) is 1.32. The van der Waals surface area contributed by atoms with E-state index in [0.29, 0.717) is 0 Å². The molecule has 5 heteroatoms. The monoisotopic (exact) mass is 305 g/mol. The summed E-state index contributed by atoms with van der Waals surface area (Å²) in [6, 6.07) is 2.15. The van der Waals surface area contributed by atoms with Crippen LogP contribution in [0.2, 0.25) is 0 Å². The highest BCUT2D eigenvalue weighted by molar-refractivity contribution is 9.11. The molecule has 0 bridgehead atoms. The van der Waals surface area contributed by atoms with Crippen LogP contribution in [0.5, 0.6) is 0 Å². The Balaban J connectivity index is 1.93. The van der Waals surface area contributed by atoms with Crippen molar-refractivity contribution in [2.45, 2.75) is 25.7 Å². The Hall–Kier alpha value is 0.0600. The van der Waals surface area contributed by atoms with Crippen molar-refractivity contribution >= 4 is 27.3 Å². The van der Waals surface area contributed by atoms with Crippen molar-refractivity contribution in [1.82, 2.24) is 4.90 Å². The molecule has 1 fully saturated rings. The van der Waals surface area contributed by atoms with Crippen LogP contribution in [-0.2, 0) is 11.3 Å². The fraction of sp³-hybridized carbons (Fsp3) is 0.636. The van der Waals surface area contributed by atoms with Crippen molar-refractivity contribution < 1.29 is 9.84 Å². The maximum atomic E-state index is 9.14. The number of aliphatic hydroxyl groups excluding tert-OH is 1.